The highest BCUT2D eigenvalue weighted by molar-refractivity contribution is 5.75. The van der Waals surface area contributed by atoms with E-state index in [1.165, 1.54) is 0 Å². The fraction of sp³-hybridized carbons (Fsp3) is 0.333. The third-order valence-corrected chi connectivity index (χ3v) is 2.08. The number of benzene rings is 1. The van der Waals surface area contributed by atoms with Crippen LogP contribution in [0.5, 0.6) is 0 Å². The van der Waals surface area contributed by atoms with E-state index in [0.29, 0.717) is 6.42 Å². The molecule has 4 N–H and O–H groups in total. The summed E-state index contributed by atoms with van der Waals surface area (Å²) >= 11 is 0. The molecule has 0 aromatic heterocycles. The molecule has 0 aliphatic heterocycles. The predicted octanol–water partition coefficient (Wildman–Crippen LogP) is 1.29. The Hall–Kier alpha value is -1.88. The van der Waals surface area contributed by atoms with Gasteiger partial charge in [-0.15, -0.1) is 0 Å². The fourth-order valence-corrected chi connectivity index (χ4v) is 1.24. The van der Waals surface area contributed by atoms with Crippen molar-refractivity contribution in [1.82, 2.24) is 0 Å². The van der Waals surface area contributed by atoms with E-state index in [1.54, 1.807) is 0 Å². The quantitative estimate of drug-likeness (QED) is 0.735. The molecule has 0 amide bonds. The molecule has 1 rings (SSSR count). The maximum atomic E-state index is 10.7. The molecule has 5 nitrogen and oxygen atoms in total. The Balaban J connectivity index is 0.000000437. The molecule has 0 bridgehead atoms. The molecule has 0 fully saturated rings. The van der Waals surface area contributed by atoms with E-state index < -0.39 is 11.9 Å². The lowest BCUT2D eigenvalue weighted by atomic mass is 9.97. The van der Waals surface area contributed by atoms with Crippen molar-refractivity contribution in [3.8, 4) is 0 Å². The number of carboxylic acids is 2. The van der Waals surface area contributed by atoms with Crippen LogP contribution < -0.4 is 5.73 Å². The van der Waals surface area contributed by atoms with Crippen LogP contribution >= 0.6 is 0 Å². The number of hydrogen-bond acceptors (Lipinski definition) is 3. The Morgan fingerprint density at radius 1 is 1.24 bits per heavy atom. The lowest BCUT2D eigenvalue weighted by molar-refractivity contribution is -0.139. The van der Waals surface area contributed by atoms with Gasteiger partial charge in [0.2, 0.25) is 0 Å². The van der Waals surface area contributed by atoms with Gasteiger partial charge in [-0.2, -0.15) is 0 Å². The molecule has 0 aliphatic carbocycles. The number of rotatable bonds is 4. The van der Waals surface area contributed by atoms with Crippen molar-refractivity contribution in [1.29, 1.82) is 0 Å². The molecule has 0 aliphatic rings. The molecule has 0 saturated carbocycles. The van der Waals surface area contributed by atoms with Crippen LogP contribution in [0.4, 0.5) is 0 Å². The van der Waals surface area contributed by atoms with E-state index in [9.17, 15) is 9.59 Å². The molecular formula is C12H17NO4. The van der Waals surface area contributed by atoms with Gasteiger partial charge in [0.25, 0.3) is 0 Å². The molecule has 17 heavy (non-hydrogen) atoms. The molecule has 0 spiro atoms. The third-order valence-electron chi connectivity index (χ3n) is 2.08. The minimum Gasteiger partial charge on any atom is -0.481 e. The number of carbonyl (C=O) groups is 2. The SMILES string of the molecule is CCC(C(=O)O)c1ccccc1.NCC(=O)O. The fourth-order valence-electron chi connectivity index (χ4n) is 1.24. The van der Waals surface area contributed by atoms with Crippen molar-refractivity contribution in [2.75, 3.05) is 6.54 Å². The normalized spacial score (nSPS) is 10.9. The number of hydrogen-bond donors (Lipinski definition) is 3. The van der Waals surface area contributed by atoms with Crippen molar-refractivity contribution in [3.63, 3.8) is 0 Å². The first-order chi connectivity index (χ1) is 8.02. The van der Waals surface area contributed by atoms with Crippen molar-refractivity contribution >= 4 is 11.9 Å². The molecule has 0 saturated heterocycles. The topological polar surface area (TPSA) is 101 Å². The standard InChI is InChI=1S/C10H12O2.C2H5NO2/c1-2-9(10(11)12)8-6-4-3-5-7-8;3-1-2(4)5/h3-7,9H,2H2,1H3,(H,11,12);1,3H2,(H,4,5). The summed E-state index contributed by atoms with van der Waals surface area (Å²) in [6.45, 7) is 1.60. The first-order valence-electron chi connectivity index (χ1n) is 5.22. The third kappa shape index (κ3) is 6.32. The highest BCUT2D eigenvalue weighted by Crippen LogP contribution is 2.18. The predicted molar refractivity (Wildman–Crippen MR) is 63.8 cm³/mol. The van der Waals surface area contributed by atoms with Gasteiger partial charge in [0.1, 0.15) is 0 Å². The van der Waals surface area contributed by atoms with Gasteiger partial charge < -0.3 is 15.9 Å². The summed E-state index contributed by atoms with van der Waals surface area (Å²) < 4.78 is 0. The van der Waals surface area contributed by atoms with Gasteiger partial charge in [0, 0.05) is 0 Å². The van der Waals surface area contributed by atoms with Crippen LogP contribution in [-0.2, 0) is 9.59 Å². The number of aliphatic carboxylic acids is 2. The lowest BCUT2D eigenvalue weighted by Crippen LogP contribution is -2.10. The largest absolute Gasteiger partial charge is 0.481 e. The van der Waals surface area contributed by atoms with Crippen molar-refractivity contribution < 1.29 is 19.8 Å². The molecule has 94 valence electrons. The summed E-state index contributed by atoms with van der Waals surface area (Å²) in [7, 11) is 0. The minimum absolute atomic E-state index is 0.278. The van der Waals surface area contributed by atoms with E-state index in [2.05, 4.69) is 5.73 Å². The van der Waals surface area contributed by atoms with Crippen molar-refractivity contribution in [2.45, 2.75) is 19.3 Å². The van der Waals surface area contributed by atoms with Crippen molar-refractivity contribution in [3.05, 3.63) is 35.9 Å². The highest BCUT2D eigenvalue weighted by Gasteiger charge is 2.16. The van der Waals surface area contributed by atoms with Crippen LogP contribution in [0.15, 0.2) is 30.3 Å². The Labute approximate surface area is 99.9 Å². The van der Waals surface area contributed by atoms with Gasteiger partial charge in [-0.05, 0) is 12.0 Å². The van der Waals surface area contributed by atoms with Crippen LogP contribution in [0.3, 0.4) is 0 Å². The van der Waals surface area contributed by atoms with Crippen LogP contribution in [-0.4, -0.2) is 28.7 Å². The smallest absolute Gasteiger partial charge is 0.317 e. The lowest BCUT2D eigenvalue weighted by Gasteiger charge is -2.08. The average Bonchev–Trinajstić information content (AvgIpc) is 2.31. The van der Waals surface area contributed by atoms with Crippen LogP contribution in [0.25, 0.3) is 0 Å². The molecule has 5 heteroatoms. The maximum absolute atomic E-state index is 10.7. The van der Waals surface area contributed by atoms with Crippen LogP contribution in [0, 0.1) is 0 Å². The molecule has 0 radical (unpaired) electrons. The number of nitrogens with two attached hydrogens (primary N) is 1. The maximum Gasteiger partial charge on any atom is 0.317 e. The molecule has 0 heterocycles. The zero-order valence-corrected chi connectivity index (χ0v) is 9.67. The monoisotopic (exact) mass is 239 g/mol. The second-order valence-electron chi connectivity index (χ2n) is 3.31. The van der Waals surface area contributed by atoms with Gasteiger partial charge >= 0.3 is 11.9 Å². The summed E-state index contributed by atoms with van der Waals surface area (Å²) in [5.41, 5.74) is 5.45. The average molecular weight is 239 g/mol. The van der Waals surface area contributed by atoms with Gasteiger partial charge in [-0.1, -0.05) is 37.3 Å². The van der Waals surface area contributed by atoms with E-state index >= 15 is 0 Å². The summed E-state index contributed by atoms with van der Waals surface area (Å²) in [5, 5.41) is 16.4. The first-order valence-corrected chi connectivity index (χ1v) is 5.22. The van der Waals surface area contributed by atoms with Crippen molar-refractivity contribution in [2.24, 2.45) is 5.73 Å². The van der Waals surface area contributed by atoms with Gasteiger partial charge in [0.05, 0.1) is 12.5 Å². The Morgan fingerprint density at radius 2 is 1.71 bits per heavy atom. The first kappa shape index (κ1) is 15.1. The summed E-state index contributed by atoms with van der Waals surface area (Å²) in [6.07, 6.45) is 0.638. The van der Waals surface area contributed by atoms with Gasteiger partial charge in [-0.3, -0.25) is 9.59 Å². The summed E-state index contributed by atoms with van der Waals surface area (Å²) in [5.74, 6) is -2.07. The molecule has 1 atom stereocenters. The van der Waals surface area contributed by atoms with E-state index in [0.717, 1.165) is 5.56 Å². The second-order valence-corrected chi connectivity index (χ2v) is 3.31. The summed E-state index contributed by atoms with van der Waals surface area (Å²) in [4.78, 5) is 20.0. The van der Waals surface area contributed by atoms with E-state index in [-0.39, 0.29) is 12.5 Å². The molecule has 1 unspecified atom stereocenters. The molecule has 1 aromatic carbocycles. The van der Waals surface area contributed by atoms with Gasteiger partial charge in [0.15, 0.2) is 0 Å². The highest BCUT2D eigenvalue weighted by atomic mass is 16.4. The second kappa shape index (κ2) is 8.29. The summed E-state index contributed by atoms with van der Waals surface area (Å²) in [6, 6.07) is 9.31. The molecule has 1 aromatic rings. The Morgan fingerprint density at radius 3 is 2.00 bits per heavy atom. The zero-order valence-electron chi connectivity index (χ0n) is 9.67. The Kier molecular flexibility index (Phi) is 7.38. The van der Waals surface area contributed by atoms with E-state index in [4.69, 9.17) is 10.2 Å². The van der Waals surface area contributed by atoms with Gasteiger partial charge in [-0.25, -0.2) is 0 Å². The van der Waals surface area contributed by atoms with Crippen LogP contribution in [0.1, 0.15) is 24.8 Å². The minimum atomic E-state index is -0.968. The van der Waals surface area contributed by atoms with E-state index in [1.807, 2.05) is 37.3 Å². The van der Waals surface area contributed by atoms with Crippen LogP contribution in [0.2, 0.25) is 0 Å². The molecular weight excluding hydrogens is 222 g/mol. The zero-order chi connectivity index (χ0) is 13.3. The Bertz CT molecular complexity index is 351. The number of carboxylic acid groups (broad SMARTS) is 2.